The van der Waals surface area contributed by atoms with Gasteiger partial charge < -0.3 is 9.88 Å². The molecule has 4 heteroatoms. The van der Waals surface area contributed by atoms with Crippen molar-refractivity contribution in [3.8, 4) is 6.07 Å². The van der Waals surface area contributed by atoms with Gasteiger partial charge in [-0.2, -0.15) is 5.26 Å². The van der Waals surface area contributed by atoms with Crippen molar-refractivity contribution in [3.63, 3.8) is 0 Å². The molecule has 4 nitrogen and oxygen atoms in total. The van der Waals surface area contributed by atoms with E-state index < -0.39 is 6.04 Å². The molecule has 1 aromatic heterocycles. The lowest BCUT2D eigenvalue weighted by Crippen LogP contribution is -2.34. The predicted molar refractivity (Wildman–Crippen MR) is 74.7 cm³/mol. The molecule has 0 aliphatic rings. The minimum Gasteiger partial charge on any atom is -0.340 e. The molecule has 19 heavy (non-hydrogen) atoms. The van der Waals surface area contributed by atoms with Crippen LogP contribution < -0.4 is 5.32 Å². The van der Waals surface area contributed by atoms with Gasteiger partial charge in [-0.3, -0.25) is 4.79 Å². The summed E-state index contributed by atoms with van der Waals surface area (Å²) in [4.78, 5) is 12.2. The van der Waals surface area contributed by atoms with Crippen LogP contribution in [-0.4, -0.2) is 16.5 Å². The summed E-state index contributed by atoms with van der Waals surface area (Å²) >= 11 is 0. The van der Waals surface area contributed by atoms with Crippen LogP contribution in [0.2, 0.25) is 0 Å². The largest absolute Gasteiger partial charge is 0.340 e. The molecule has 0 radical (unpaired) electrons. The van der Waals surface area contributed by atoms with Gasteiger partial charge in [-0.05, 0) is 18.6 Å². The number of benzene rings is 1. The number of aryl methyl sites for hydroxylation is 1. The molecule has 1 aromatic carbocycles. The Hall–Kier alpha value is -2.28. The Bertz CT molecular complexity index is 636. The number of fused-ring (bicyclic) bond motifs is 1. The number of carbonyl (C=O) groups is 1. The van der Waals surface area contributed by atoms with E-state index in [4.69, 9.17) is 5.26 Å². The highest BCUT2D eigenvalue weighted by molar-refractivity contribution is 5.98. The van der Waals surface area contributed by atoms with Gasteiger partial charge in [0.05, 0.1) is 6.07 Å². The maximum absolute atomic E-state index is 12.2. The van der Waals surface area contributed by atoms with Gasteiger partial charge in [-0.15, -0.1) is 0 Å². The smallest absolute Gasteiger partial charge is 0.268 e. The Balaban J connectivity index is 2.27. The molecule has 2 rings (SSSR count). The van der Waals surface area contributed by atoms with Gasteiger partial charge in [-0.25, -0.2) is 0 Å². The Labute approximate surface area is 112 Å². The van der Waals surface area contributed by atoms with Crippen molar-refractivity contribution in [1.82, 2.24) is 9.88 Å². The SMILES string of the molecule is CCCC(C#N)NC(=O)c1cc2ccccc2n1C. The summed E-state index contributed by atoms with van der Waals surface area (Å²) < 4.78 is 1.85. The summed E-state index contributed by atoms with van der Waals surface area (Å²) in [5.41, 5.74) is 1.59. The lowest BCUT2D eigenvalue weighted by atomic mass is 10.2. The van der Waals surface area contributed by atoms with Crippen molar-refractivity contribution in [2.75, 3.05) is 0 Å². The predicted octanol–water partition coefficient (Wildman–Crippen LogP) is 2.60. The molecule has 0 aliphatic heterocycles. The number of hydrogen-bond donors (Lipinski definition) is 1. The number of aromatic nitrogens is 1. The van der Waals surface area contributed by atoms with Crippen LogP contribution in [0.3, 0.4) is 0 Å². The molecule has 0 aliphatic carbocycles. The number of amides is 1. The molecule has 2 aromatic rings. The van der Waals surface area contributed by atoms with E-state index in [0.717, 1.165) is 17.3 Å². The van der Waals surface area contributed by atoms with E-state index in [1.807, 2.05) is 48.9 Å². The van der Waals surface area contributed by atoms with Gasteiger partial charge in [0.1, 0.15) is 11.7 Å². The average Bonchev–Trinajstić information content (AvgIpc) is 2.76. The minimum atomic E-state index is -0.421. The molecule has 1 atom stereocenters. The van der Waals surface area contributed by atoms with Crippen LogP contribution in [0.15, 0.2) is 30.3 Å². The Morgan fingerprint density at radius 3 is 2.84 bits per heavy atom. The molecule has 0 bridgehead atoms. The van der Waals surface area contributed by atoms with Crippen LogP contribution in [0.5, 0.6) is 0 Å². The maximum atomic E-state index is 12.2. The molecular formula is C15H17N3O. The number of hydrogen-bond acceptors (Lipinski definition) is 2. The molecule has 1 heterocycles. The van der Waals surface area contributed by atoms with Gasteiger partial charge in [0.25, 0.3) is 5.91 Å². The lowest BCUT2D eigenvalue weighted by molar-refractivity contribution is 0.0936. The molecule has 1 unspecified atom stereocenters. The average molecular weight is 255 g/mol. The van der Waals surface area contributed by atoms with Crippen LogP contribution in [0.4, 0.5) is 0 Å². The highest BCUT2D eigenvalue weighted by Crippen LogP contribution is 2.18. The standard InChI is InChI=1S/C15H17N3O/c1-3-6-12(10-16)17-15(19)14-9-11-7-4-5-8-13(11)18(14)2/h4-5,7-9,12H,3,6H2,1-2H3,(H,17,19). The number of nitrogens with zero attached hydrogens (tertiary/aromatic N) is 2. The summed E-state index contributed by atoms with van der Waals surface area (Å²) in [6, 6.07) is 11.4. The highest BCUT2D eigenvalue weighted by atomic mass is 16.2. The summed E-state index contributed by atoms with van der Waals surface area (Å²) in [5.74, 6) is -0.196. The second-order valence-corrected chi connectivity index (χ2v) is 4.59. The van der Waals surface area contributed by atoms with Gasteiger partial charge in [0.2, 0.25) is 0 Å². The number of nitrogens with one attached hydrogen (secondary N) is 1. The lowest BCUT2D eigenvalue weighted by Gasteiger charge is -2.10. The quantitative estimate of drug-likeness (QED) is 0.913. The summed E-state index contributed by atoms with van der Waals surface area (Å²) in [7, 11) is 1.86. The normalized spacial score (nSPS) is 12.1. The first-order chi connectivity index (χ1) is 9.17. The summed E-state index contributed by atoms with van der Waals surface area (Å²) in [5, 5.41) is 12.8. The van der Waals surface area contributed by atoms with E-state index in [-0.39, 0.29) is 5.91 Å². The second kappa shape index (κ2) is 5.57. The van der Waals surface area contributed by atoms with Crippen molar-refractivity contribution >= 4 is 16.8 Å². The number of carbonyl (C=O) groups excluding carboxylic acids is 1. The highest BCUT2D eigenvalue weighted by Gasteiger charge is 2.16. The molecule has 0 spiro atoms. The monoisotopic (exact) mass is 255 g/mol. The van der Waals surface area contributed by atoms with Crippen LogP contribution in [-0.2, 0) is 7.05 Å². The zero-order chi connectivity index (χ0) is 13.8. The zero-order valence-electron chi connectivity index (χ0n) is 11.2. The van der Waals surface area contributed by atoms with Crippen LogP contribution in [0, 0.1) is 11.3 Å². The first kappa shape index (κ1) is 13.2. The maximum Gasteiger partial charge on any atom is 0.268 e. The van der Waals surface area contributed by atoms with E-state index in [9.17, 15) is 4.79 Å². The van der Waals surface area contributed by atoms with Gasteiger partial charge in [0, 0.05) is 18.0 Å². The van der Waals surface area contributed by atoms with Crippen LogP contribution >= 0.6 is 0 Å². The Morgan fingerprint density at radius 2 is 2.21 bits per heavy atom. The van der Waals surface area contributed by atoms with E-state index in [0.29, 0.717) is 12.1 Å². The van der Waals surface area contributed by atoms with Crippen LogP contribution in [0.25, 0.3) is 10.9 Å². The summed E-state index contributed by atoms with van der Waals surface area (Å²) in [6.45, 7) is 1.99. The first-order valence-electron chi connectivity index (χ1n) is 6.42. The van der Waals surface area contributed by atoms with E-state index in [1.165, 1.54) is 0 Å². The van der Waals surface area contributed by atoms with Crippen molar-refractivity contribution in [3.05, 3.63) is 36.0 Å². The Kier molecular flexibility index (Phi) is 3.86. The number of para-hydroxylation sites is 1. The third kappa shape index (κ3) is 2.60. The minimum absolute atomic E-state index is 0.196. The Morgan fingerprint density at radius 1 is 1.47 bits per heavy atom. The van der Waals surface area contributed by atoms with Gasteiger partial charge >= 0.3 is 0 Å². The molecule has 0 saturated carbocycles. The fourth-order valence-corrected chi connectivity index (χ4v) is 2.20. The second-order valence-electron chi connectivity index (χ2n) is 4.59. The third-order valence-corrected chi connectivity index (χ3v) is 3.22. The van der Waals surface area contributed by atoms with E-state index >= 15 is 0 Å². The van der Waals surface area contributed by atoms with Gasteiger partial charge in [-0.1, -0.05) is 31.5 Å². The fraction of sp³-hybridized carbons (Fsp3) is 0.333. The number of rotatable bonds is 4. The van der Waals surface area contributed by atoms with Crippen molar-refractivity contribution in [2.24, 2.45) is 7.05 Å². The van der Waals surface area contributed by atoms with Crippen LogP contribution in [0.1, 0.15) is 30.3 Å². The number of nitriles is 1. The van der Waals surface area contributed by atoms with E-state index in [1.54, 1.807) is 0 Å². The molecule has 0 saturated heterocycles. The fourth-order valence-electron chi connectivity index (χ4n) is 2.20. The molecule has 98 valence electrons. The zero-order valence-corrected chi connectivity index (χ0v) is 11.2. The van der Waals surface area contributed by atoms with Crippen molar-refractivity contribution in [2.45, 2.75) is 25.8 Å². The molecule has 1 amide bonds. The van der Waals surface area contributed by atoms with E-state index in [2.05, 4.69) is 11.4 Å². The topological polar surface area (TPSA) is 57.8 Å². The first-order valence-corrected chi connectivity index (χ1v) is 6.42. The molecule has 1 N–H and O–H groups in total. The molecular weight excluding hydrogens is 238 g/mol. The van der Waals surface area contributed by atoms with Crippen molar-refractivity contribution < 1.29 is 4.79 Å². The van der Waals surface area contributed by atoms with Crippen molar-refractivity contribution in [1.29, 1.82) is 5.26 Å². The molecule has 0 fully saturated rings. The van der Waals surface area contributed by atoms with Gasteiger partial charge in [0.15, 0.2) is 0 Å². The third-order valence-electron chi connectivity index (χ3n) is 3.22. The summed E-state index contributed by atoms with van der Waals surface area (Å²) in [6.07, 6.45) is 1.54.